The van der Waals surface area contributed by atoms with E-state index >= 15 is 0 Å². The van der Waals surface area contributed by atoms with Crippen molar-refractivity contribution in [2.24, 2.45) is 0 Å². The van der Waals surface area contributed by atoms with Gasteiger partial charge in [0.1, 0.15) is 0 Å². The lowest BCUT2D eigenvalue weighted by atomic mass is 9.95. The van der Waals surface area contributed by atoms with Gasteiger partial charge in [0.15, 0.2) is 5.78 Å². The Morgan fingerprint density at radius 2 is 1.57 bits per heavy atom. The summed E-state index contributed by atoms with van der Waals surface area (Å²) in [5.41, 5.74) is 4.03. The highest BCUT2D eigenvalue weighted by Gasteiger charge is 2.25. The molecular weight excluding hydrogens is 298 g/mol. The molecule has 1 aliphatic heterocycles. The van der Waals surface area contributed by atoms with Crippen LogP contribution in [0, 0.1) is 0 Å². The average molecular weight is 315 g/mol. The maximum atomic E-state index is 12.7. The van der Waals surface area contributed by atoms with Gasteiger partial charge in [-0.15, -0.1) is 0 Å². The lowest BCUT2D eigenvalue weighted by molar-refractivity contribution is -0.113. The molecular formula is C17H17NOS2. The number of piperidine rings is 1. The summed E-state index contributed by atoms with van der Waals surface area (Å²) < 4.78 is 0. The van der Waals surface area contributed by atoms with E-state index in [0.717, 1.165) is 41.9 Å². The highest BCUT2D eigenvalue weighted by Crippen LogP contribution is 2.23. The topological polar surface area (TPSA) is 20.3 Å². The summed E-state index contributed by atoms with van der Waals surface area (Å²) in [6.45, 7) is 4.58. The first-order valence-electron chi connectivity index (χ1n) is 6.99. The highest BCUT2D eigenvalue weighted by molar-refractivity contribution is 7.08. The number of nitrogens with zero attached hydrogens (tertiary/aromatic N) is 1. The molecule has 1 fully saturated rings. The number of hydrogen-bond donors (Lipinski definition) is 0. The van der Waals surface area contributed by atoms with Gasteiger partial charge in [-0.1, -0.05) is 6.92 Å². The quantitative estimate of drug-likeness (QED) is 0.792. The summed E-state index contributed by atoms with van der Waals surface area (Å²) in [6.07, 6.45) is 4.06. The van der Waals surface area contributed by atoms with Gasteiger partial charge >= 0.3 is 0 Å². The predicted octanol–water partition coefficient (Wildman–Crippen LogP) is 4.18. The maximum Gasteiger partial charge on any atom is 0.187 e. The van der Waals surface area contributed by atoms with E-state index in [-0.39, 0.29) is 5.78 Å². The highest BCUT2D eigenvalue weighted by atomic mass is 32.1. The zero-order valence-corrected chi connectivity index (χ0v) is 13.5. The Labute approximate surface area is 133 Å². The third-order valence-corrected chi connectivity index (χ3v) is 4.99. The van der Waals surface area contributed by atoms with Crippen LogP contribution in [0.4, 0.5) is 0 Å². The molecule has 1 saturated heterocycles. The smallest absolute Gasteiger partial charge is 0.187 e. The minimum Gasteiger partial charge on any atom is -0.295 e. The van der Waals surface area contributed by atoms with E-state index in [1.54, 1.807) is 22.7 Å². The Bertz CT molecular complexity index is 609. The van der Waals surface area contributed by atoms with Crippen LogP contribution in [0.5, 0.6) is 0 Å². The van der Waals surface area contributed by atoms with Crippen LogP contribution in [0.15, 0.2) is 44.8 Å². The molecule has 0 N–H and O–H groups in total. The zero-order valence-electron chi connectivity index (χ0n) is 11.9. The molecule has 0 saturated carbocycles. The fourth-order valence-corrected chi connectivity index (χ4v) is 3.69. The van der Waals surface area contributed by atoms with Crippen molar-refractivity contribution in [1.29, 1.82) is 0 Å². The summed E-state index contributed by atoms with van der Waals surface area (Å²) in [6, 6.07) is 4.11. The molecule has 4 heteroatoms. The summed E-state index contributed by atoms with van der Waals surface area (Å²) in [7, 11) is 0. The van der Waals surface area contributed by atoms with Gasteiger partial charge in [-0.3, -0.25) is 9.69 Å². The first kappa shape index (κ1) is 14.4. The van der Waals surface area contributed by atoms with E-state index in [9.17, 15) is 4.79 Å². The van der Waals surface area contributed by atoms with Crippen LogP contribution in [-0.4, -0.2) is 30.3 Å². The van der Waals surface area contributed by atoms with E-state index < -0.39 is 0 Å². The Hall–Kier alpha value is -1.49. The zero-order chi connectivity index (χ0) is 14.7. The monoisotopic (exact) mass is 315 g/mol. The first-order valence-corrected chi connectivity index (χ1v) is 8.87. The largest absolute Gasteiger partial charge is 0.295 e. The fourth-order valence-electron chi connectivity index (χ4n) is 2.45. The molecule has 0 atom stereocenters. The van der Waals surface area contributed by atoms with Crippen LogP contribution < -0.4 is 0 Å². The second-order valence-electron chi connectivity index (χ2n) is 5.08. The number of hydrogen-bond acceptors (Lipinski definition) is 4. The summed E-state index contributed by atoms with van der Waals surface area (Å²) >= 11 is 3.32. The number of carbonyl (C=O) groups excluding carboxylic acids is 1. The van der Waals surface area contributed by atoms with Gasteiger partial charge in [-0.25, -0.2) is 0 Å². The molecule has 2 aromatic rings. The first-order chi connectivity index (χ1) is 10.3. The molecule has 3 rings (SSSR count). The Morgan fingerprint density at radius 1 is 1.05 bits per heavy atom. The lowest BCUT2D eigenvalue weighted by Gasteiger charge is -2.28. The van der Waals surface area contributed by atoms with E-state index in [1.165, 1.54) is 0 Å². The van der Waals surface area contributed by atoms with Crippen molar-refractivity contribution >= 4 is 40.6 Å². The normalized spacial score (nSPS) is 20.5. The van der Waals surface area contributed by atoms with Crippen molar-refractivity contribution in [3.63, 3.8) is 0 Å². The predicted molar refractivity (Wildman–Crippen MR) is 91.7 cm³/mol. The van der Waals surface area contributed by atoms with E-state index in [1.807, 2.05) is 22.9 Å². The Balaban J connectivity index is 1.93. The van der Waals surface area contributed by atoms with Crippen molar-refractivity contribution in [2.45, 2.75) is 6.92 Å². The number of carbonyl (C=O) groups is 1. The maximum absolute atomic E-state index is 12.7. The minimum atomic E-state index is 0.192. The van der Waals surface area contributed by atoms with E-state index in [4.69, 9.17) is 0 Å². The van der Waals surface area contributed by atoms with Crippen molar-refractivity contribution in [1.82, 2.24) is 4.90 Å². The average Bonchev–Trinajstić information content (AvgIpc) is 3.16. The van der Waals surface area contributed by atoms with E-state index in [0.29, 0.717) is 0 Å². The number of ketones is 1. The molecule has 3 heterocycles. The van der Waals surface area contributed by atoms with Crippen molar-refractivity contribution in [2.75, 3.05) is 19.6 Å². The molecule has 0 amide bonds. The van der Waals surface area contributed by atoms with Gasteiger partial charge < -0.3 is 0 Å². The van der Waals surface area contributed by atoms with Gasteiger partial charge in [-0.05, 0) is 63.5 Å². The molecule has 0 radical (unpaired) electrons. The van der Waals surface area contributed by atoms with Gasteiger partial charge in [0.25, 0.3) is 0 Å². The Morgan fingerprint density at radius 3 is 1.95 bits per heavy atom. The molecule has 0 spiro atoms. The second-order valence-corrected chi connectivity index (χ2v) is 6.64. The van der Waals surface area contributed by atoms with Crippen LogP contribution in [0.25, 0.3) is 12.2 Å². The molecule has 0 bridgehead atoms. The van der Waals surface area contributed by atoms with Crippen LogP contribution in [0.3, 0.4) is 0 Å². The van der Waals surface area contributed by atoms with Gasteiger partial charge in [-0.2, -0.15) is 22.7 Å². The van der Waals surface area contributed by atoms with Crippen molar-refractivity contribution < 1.29 is 4.79 Å². The second kappa shape index (κ2) is 6.52. The molecule has 2 aromatic heterocycles. The molecule has 1 aliphatic rings. The standard InChI is InChI=1S/C17H17NOS2/c1-2-18-9-15(7-13-3-5-20-11-13)17(19)16(10-18)8-14-4-6-21-12-14/h3-8,11-12H,2,9-10H2,1H3/b15-7-,16-8-. The van der Waals surface area contributed by atoms with Crippen molar-refractivity contribution in [3.05, 3.63) is 55.9 Å². The Kier molecular flexibility index (Phi) is 4.48. The summed E-state index contributed by atoms with van der Waals surface area (Å²) in [5.74, 6) is 0.192. The van der Waals surface area contributed by atoms with Gasteiger partial charge in [0, 0.05) is 24.2 Å². The number of likely N-dealkylation sites (N-methyl/N-ethyl adjacent to an activating group) is 1. The molecule has 0 aromatic carbocycles. The summed E-state index contributed by atoms with van der Waals surface area (Å²) in [5, 5.41) is 8.24. The van der Waals surface area contributed by atoms with Crippen molar-refractivity contribution in [3.8, 4) is 0 Å². The number of Topliss-reactive ketones (excluding diaryl/α,β-unsaturated/α-hetero) is 1. The third-order valence-electron chi connectivity index (χ3n) is 3.59. The molecule has 0 unspecified atom stereocenters. The lowest BCUT2D eigenvalue weighted by Crippen LogP contribution is -2.37. The molecule has 0 aliphatic carbocycles. The van der Waals surface area contributed by atoms with Crippen LogP contribution in [0.1, 0.15) is 18.1 Å². The molecule has 21 heavy (non-hydrogen) atoms. The van der Waals surface area contributed by atoms with Crippen LogP contribution in [0.2, 0.25) is 0 Å². The van der Waals surface area contributed by atoms with Gasteiger partial charge in [0.2, 0.25) is 0 Å². The van der Waals surface area contributed by atoms with Gasteiger partial charge in [0.05, 0.1) is 0 Å². The SMILES string of the molecule is CCN1C/C(=C/c2ccsc2)C(=O)/C(=C\c2ccsc2)C1. The molecule has 2 nitrogen and oxygen atoms in total. The third kappa shape index (κ3) is 3.40. The fraction of sp³-hybridized carbons (Fsp3) is 0.235. The summed E-state index contributed by atoms with van der Waals surface area (Å²) in [4.78, 5) is 15.0. The minimum absolute atomic E-state index is 0.192. The van der Waals surface area contributed by atoms with Crippen LogP contribution in [-0.2, 0) is 4.79 Å². The number of likely N-dealkylation sites (tertiary alicyclic amines) is 1. The van der Waals surface area contributed by atoms with E-state index in [2.05, 4.69) is 34.7 Å². The number of thiophene rings is 2. The number of rotatable bonds is 3. The van der Waals surface area contributed by atoms with Crippen LogP contribution >= 0.6 is 22.7 Å². The molecule has 108 valence electrons.